The summed E-state index contributed by atoms with van der Waals surface area (Å²) in [7, 11) is 0. The SMILES string of the molecule is Cc1c(CO)c(CO)c(O)c(CO)c1CO. The van der Waals surface area contributed by atoms with Crippen molar-refractivity contribution in [2.24, 2.45) is 0 Å². The molecule has 0 aliphatic rings. The van der Waals surface area contributed by atoms with Gasteiger partial charge in [-0.15, -0.1) is 0 Å². The second kappa shape index (κ2) is 5.27. The van der Waals surface area contributed by atoms with Crippen LogP contribution in [0.2, 0.25) is 0 Å². The molecule has 0 radical (unpaired) electrons. The van der Waals surface area contributed by atoms with E-state index in [1.54, 1.807) is 6.92 Å². The molecule has 0 unspecified atom stereocenters. The number of rotatable bonds is 4. The van der Waals surface area contributed by atoms with Crippen LogP contribution in [0.25, 0.3) is 0 Å². The molecule has 0 aliphatic heterocycles. The average Bonchev–Trinajstić information content (AvgIpc) is 2.30. The third-order valence-corrected chi connectivity index (χ3v) is 2.84. The van der Waals surface area contributed by atoms with Gasteiger partial charge in [0.2, 0.25) is 0 Å². The Hall–Kier alpha value is -1.14. The third-order valence-electron chi connectivity index (χ3n) is 2.84. The highest BCUT2D eigenvalue weighted by molar-refractivity contribution is 5.54. The van der Waals surface area contributed by atoms with E-state index in [2.05, 4.69) is 0 Å². The average molecular weight is 228 g/mol. The highest BCUT2D eigenvalue weighted by Crippen LogP contribution is 2.33. The molecule has 0 heterocycles. The summed E-state index contributed by atoms with van der Waals surface area (Å²) >= 11 is 0. The monoisotopic (exact) mass is 228 g/mol. The van der Waals surface area contributed by atoms with Crippen molar-refractivity contribution in [1.29, 1.82) is 0 Å². The zero-order valence-corrected chi connectivity index (χ0v) is 9.06. The Bertz CT molecular complexity index is 316. The number of aliphatic hydroxyl groups is 4. The van der Waals surface area contributed by atoms with Gasteiger partial charge in [-0.25, -0.2) is 0 Å². The molecule has 0 saturated carbocycles. The number of benzene rings is 1. The molecule has 16 heavy (non-hydrogen) atoms. The van der Waals surface area contributed by atoms with Crippen molar-refractivity contribution < 1.29 is 25.5 Å². The van der Waals surface area contributed by atoms with Gasteiger partial charge >= 0.3 is 0 Å². The summed E-state index contributed by atoms with van der Waals surface area (Å²) in [5.74, 6) is -0.260. The van der Waals surface area contributed by atoms with Crippen molar-refractivity contribution in [2.45, 2.75) is 33.4 Å². The molecule has 0 bridgehead atoms. The summed E-state index contributed by atoms with van der Waals surface area (Å²) in [5, 5.41) is 46.4. The lowest BCUT2D eigenvalue weighted by atomic mass is 9.92. The Balaban J connectivity index is 3.60. The Morgan fingerprint density at radius 3 is 1.25 bits per heavy atom. The number of hydrogen-bond acceptors (Lipinski definition) is 5. The fourth-order valence-corrected chi connectivity index (χ4v) is 1.87. The maximum absolute atomic E-state index is 9.79. The third kappa shape index (κ3) is 1.90. The van der Waals surface area contributed by atoms with Gasteiger partial charge in [-0.2, -0.15) is 0 Å². The van der Waals surface area contributed by atoms with Crippen LogP contribution in [0.5, 0.6) is 5.75 Å². The van der Waals surface area contributed by atoms with Gasteiger partial charge in [-0.3, -0.25) is 0 Å². The maximum atomic E-state index is 9.79. The molecule has 5 nitrogen and oxygen atoms in total. The normalized spacial score (nSPS) is 10.8. The van der Waals surface area contributed by atoms with Crippen LogP contribution in [0.1, 0.15) is 27.8 Å². The Labute approximate surface area is 93.2 Å². The fourth-order valence-electron chi connectivity index (χ4n) is 1.87. The van der Waals surface area contributed by atoms with E-state index in [0.717, 1.165) is 0 Å². The van der Waals surface area contributed by atoms with E-state index in [9.17, 15) is 15.3 Å². The van der Waals surface area contributed by atoms with Gasteiger partial charge in [0, 0.05) is 11.1 Å². The number of phenols is 1. The van der Waals surface area contributed by atoms with Gasteiger partial charge in [-0.05, 0) is 23.6 Å². The van der Waals surface area contributed by atoms with Crippen molar-refractivity contribution in [2.75, 3.05) is 0 Å². The van der Waals surface area contributed by atoms with Crippen molar-refractivity contribution in [1.82, 2.24) is 0 Å². The van der Waals surface area contributed by atoms with E-state index in [0.29, 0.717) is 16.7 Å². The fraction of sp³-hybridized carbons (Fsp3) is 0.455. The van der Waals surface area contributed by atoms with Crippen molar-refractivity contribution in [3.63, 3.8) is 0 Å². The quantitative estimate of drug-likeness (QED) is 0.486. The van der Waals surface area contributed by atoms with E-state index < -0.39 is 13.2 Å². The second-order valence-electron chi connectivity index (χ2n) is 3.52. The molecule has 0 fully saturated rings. The second-order valence-corrected chi connectivity index (χ2v) is 3.52. The Kier molecular flexibility index (Phi) is 4.26. The molecule has 1 aromatic carbocycles. The molecule has 1 aromatic rings. The molecule has 5 N–H and O–H groups in total. The number of aromatic hydroxyl groups is 1. The van der Waals surface area contributed by atoms with Crippen LogP contribution in [0.4, 0.5) is 0 Å². The summed E-state index contributed by atoms with van der Waals surface area (Å²) in [6.45, 7) is 0.124. The van der Waals surface area contributed by atoms with Crippen molar-refractivity contribution in [3.8, 4) is 5.75 Å². The predicted molar refractivity (Wildman–Crippen MR) is 56.5 cm³/mol. The van der Waals surface area contributed by atoms with Gasteiger partial charge in [0.1, 0.15) is 5.75 Å². The van der Waals surface area contributed by atoms with Gasteiger partial charge < -0.3 is 25.5 Å². The molecule has 0 atom stereocenters. The molecule has 1 rings (SSSR count). The first-order valence-corrected chi connectivity index (χ1v) is 4.90. The summed E-state index contributed by atoms with van der Waals surface area (Å²) < 4.78 is 0. The van der Waals surface area contributed by atoms with Gasteiger partial charge in [0.25, 0.3) is 0 Å². The molecule has 5 heteroatoms. The van der Waals surface area contributed by atoms with Crippen LogP contribution in [-0.2, 0) is 26.4 Å². The molecule has 0 aromatic heterocycles. The van der Waals surface area contributed by atoms with Gasteiger partial charge in [0.15, 0.2) is 0 Å². The molecular formula is C11H16O5. The summed E-state index contributed by atoms with van der Waals surface area (Å²) in [6, 6.07) is 0. The standard InChI is InChI=1S/C11H16O5/c1-6-7(2-12)9(4-14)11(16)10(5-15)8(6)3-13/h12-16H,2-5H2,1H3. The first kappa shape index (κ1) is 12.9. The van der Waals surface area contributed by atoms with E-state index >= 15 is 0 Å². The van der Waals surface area contributed by atoms with E-state index in [1.807, 2.05) is 0 Å². The Morgan fingerprint density at radius 1 is 0.688 bits per heavy atom. The summed E-state index contributed by atoms with van der Waals surface area (Å²) in [6.07, 6.45) is 0. The molecule has 90 valence electrons. The highest BCUT2D eigenvalue weighted by atomic mass is 16.3. The molecular weight excluding hydrogens is 212 g/mol. The van der Waals surface area contributed by atoms with E-state index in [-0.39, 0.29) is 30.1 Å². The number of aliphatic hydroxyl groups excluding tert-OH is 4. The first-order chi connectivity index (χ1) is 7.62. The predicted octanol–water partition coefficient (Wildman–Crippen LogP) is -0.330. The first-order valence-electron chi connectivity index (χ1n) is 4.90. The van der Waals surface area contributed by atoms with E-state index in [1.165, 1.54) is 0 Å². The van der Waals surface area contributed by atoms with Crippen LogP contribution in [0, 0.1) is 6.92 Å². The van der Waals surface area contributed by atoms with Crippen LogP contribution in [0.15, 0.2) is 0 Å². The zero-order valence-electron chi connectivity index (χ0n) is 9.06. The largest absolute Gasteiger partial charge is 0.507 e. The van der Waals surface area contributed by atoms with Crippen molar-refractivity contribution in [3.05, 3.63) is 27.8 Å². The van der Waals surface area contributed by atoms with Crippen LogP contribution in [0.3, 0.4) is 0 Å². The Morgan fingerprint density at radius 2 is 1.00 bits per heavy atom. The van der Waals surface area contributed by atoms with E-state index in [4.69, 9.17) is 10.2 Å². The zero-order chi connectivity index (χ0) is 12.3. The highest BCUT2D eigenvalue weighted by Gasteiger charge is 2.19. The van der Waals surface area contributed by atoms with Crippen LogP contribution >= 0.6 is 0 Å². The minimum atomic E-state index is -0.429. The maximum Gasteiger partial charge on any atom is 0.127 e. The smallest absolute Gasteiger partial charge is 0.127 e. The molecule has 0 saturated heterocycles. The summed E-state index contributed by atoms with van der Waals surface area (Å²) in [5.41, 5.74) is 1.75. The lowest BCUT2D eigenvalue weighted by molar-refractivity contribution is 0.240. The molecule has 0 spiro atoms. The lowest BCUT2D eigenvalue weighted by Gasteiger charge is -2.18. The van der Waals surface area contributed by atoms with Crippen LogP contribution in [-0.4, -0.2) is 25.5 Å². The van der Waals surface area contributed by atoms with Crippen molar-refractivity contribution >= 4 is 0 Å². The van der Waals surface area contributed by atoms with Gasteiger partial charge in [0.05, 0.1) is 26.4 Å². The summed E-state index contributed by atoms with van der Waals surface area (Å²) in [4.78, 5) is 0. The number of hydrogen-bond donors (Lipinski definition) is 5. The molecule has 0 amide bonds. The minimum Gasteiger partial charge on any atom is -0.507 e. The lowest BCUT2D eigenvalue weighted by Crippen LogP contribution is -2.07. The molecule has 0 aliphatic carbocycles. The topological polar surface area (TPSA) is 101 Å². The van der Waals surface area contributed by atoms with Crippen LogP contribution < -0.4 is 0 Å². The minimum absolute atomic E-state index is 0.196. The van der Waals surface area contributed by atoms with Gasteiger partial charge in [-0.1, -0.05) is 0 Å².